The minimum Gasteiger partial charge on any atom is -0.368 e. The smallest absolute Gasteiger partial charge is 0.240 e. The van der Waals surface area contributed by atoms with E-state index in [-0.39, 0.29) is 24.3 Å². The third-order valence-electron chi connectivity index (χ3n) is 3.49. The first kappa shape index (κ1) is 16.5. The highest BCUT2D eigenvalue weighted by atomic mass is 16.2. The molecule has 1 aliphatic heterocycles. The molecule has 6 nitrogen and oxygen atoms in total. The highest BCUT2D eigenvalue weighted by Gasteiger charge is 2.33. The zero-order valence-corrected chi connectivity index (χ0v) is 12.5. The number of nitrogens with zero attached hydrogens (tertiary/aromatic N) is 1. The summed E-state index contributed by atoms with van der Waals surface area (Å²) in [5.41, 5.74) is 5.32. The number of carbonyl (C=O) groups is 3. The van der Waals surface area contributed by atoms with Crippen LogP contribution in [0.1, 0.15) is 46.5 Å². The van der Waals surface area contributed by atoms with E-state index >= 15 is 0 Å². The van der Waals surface area contributed by atoms with Crippen LogP contribution in [0, 0.1) is 5.92 Å². The van der Waals surface area contributed by atoms with Crippen LogP contribution in [-0.2, 0) is 14.4 Å². The lowest BCUT2D eigenvalue weighted by molar-refractivity contribution is -0.138. The molecule has 1 rings (SSSR count). The van der Waals surface area contributed by atoms with Gasteiger partial charge in [0.05, 0.1) is 0 Å². The van der Waals surface area contributed by atoms with Crippen LogP contribution >= 0.6 is 0 Å². The van der Waals surface area contributed by atoms with Gasteiger partial charge in [0.2, 0.25) is 17.7 Å². The summed E-state index contributed by atoms with van der Waals surface area (Å²) in [6, 6.07) is -0.673. The Morgan fingerprint density at radius 1 is 1.35 bits per heavy atom. The minimum atomic E-state index is -0.487. The molecule has 0 aromatic rings. The van der Waals surface area contributed by atoms with Crippen molar-refractivity contribution in [1.29, 1.82) is 0 Å². The van der Waals surface area contributed by atoms with Gasteiger partial charge in [0, 0.05) is 25.9 Å². The summed E-state index contributed by atoms with van der Waals surface area (Å²) in [5, 5.41) is 2.81. The minimum absolute atomic E-state index is 0.106. The van der Waals surface area contributed by atoms with Gasteiger partial charge in [-0.2, -0.15) is 0 Å². The number of carbonyl (C=O) groups excluding carboxylic acids is 3. The predicted octanol–water partition coefficient (Wildman–Crippen LogP) is 0.404. The molecule has 0 unspecified atom stereocenters. The third-order valence-corrected chi connectivity index (χ3v) is 3.49. The van der Waals surface area contributed by atoms with E-state index < -0.39 is 11.9 Å². The van der Waals surface area contributed by atoms with Crippen molar-refractivity contribution >= 4 is 17.7 Å². The second-order valence-electron chi connectivity index (χ2n) is 5.88. The van der Waals surface area contributed by atoms with Crippen molar-refractivity contribution in [1.82, 2.24) is 10.2 Å². The van der Waals surface area contributed by atoms with Crippen molar-refractivity contribution in [2.24, 2.45) is 11.7 Å². The quantitative estimate of drug-likeness (QED) is 0.739. The molecule has 0 saturated carbocycles. The number of rotatable bonds is 6. The maximum atomic E-state index is 12.3. The van der Waals surface area contributed by atoms with Gasteiger partial charge in [-0.1, -0.05) is 13.8 Å². The summed E-state index contributed by atoms with van der Waals surface area (Å²) >= 11 is 0. The summed E-state index contributed by atoms with van der Waals surface area (Å²) in [4.78, 5) is 36.4. The molecule has 0 radical (unpaired) electrons. The number of likely N-dealkylation sites (tertiary alicyclic amines) is 1. The van der Waals surface area contributed by atoms with Gasteiger partial charge >= 0.3 is 0 Å². The van der Waals surface area contributed by atoms with Crippen LogP contribution in [0.25, 0.3) is 0 Å². The molecule has 0 spiro atoms. The van der Waals surface area contributed by atoms with E-state index in [1.54, 1.807) is 4.90 Å². The Balaban J connectivity index is 2.64. The van der Waals surface area contributed by atoms with E-state index in [1.807, 2.05) is 13.8 Å². The summed E-state index contributed by atoms with van der Waals surface area (Å²) in [7, 11) is 0. The first-order valence-electron chi connectivity index (χ1n) is 7.17. The van der Waals surface area contributed by atoms with E-state index in [0.717, 1.165) is 12.8 Å². The first-order chi connectivity index (χ1) is 9.31. The van der Waals surface area contributed by atoms with Crippen molar-refractivity contribution < 1.29 is 14.4 Å². The maximum absolute atomic E-state index is 12.3. The Labute approximate surface area is 120 Å². The largest absolute Gasteiger partial charge is 0.368 e. The van der Waals surface area contributed by atoms with Gasteiger partial charge in [-0.3, -0.25) is 14.4 Å². The van der Waals surface area contributed by atoms with Crippen molar-refractivity contribution in [2.45, 2.75) is 58.5 Å². The zero-order valence-electron chi connectivity index (χ0n) is 12.5. The fourth-order valence-electron chi connectivity index (χ4n) is 2.74. The van der Waals surface area contributed by atoms with E-state index in [9.17, 15) is 14.4 Å². The van der Waals surface area contributed by atoms with Gasteiger partial charge in [-0.25, -0.2) is 0 Å². The number of nitrogens with one attached hydrogen (secondary N) is 1. The lowest BCUT2D eigenvalue weighted by atomic mass is 10.00. The molecule has 1 aliphatic rings. The Morgan fingerprint density at radius 3 is 2.50 bits per heavy atom. The standard InChI is InChI=1S/C14H25N3O3/c1-9(2)7-11(16-10(3)18)8-13(19)17-6-4-5-12(17)14(15)20/h9,11-12H,4-8H2,1-3H3,(H2,15,20)(H,16,18)/t11-,12-/m0/s1. The molecule has 3 N–H and O–H groups in total. The molecule has 3 amide bonds. The molecule has 0 aromatic heterocycles. The second kappa shape index (κ2) is 7.26. The van der Waals surface area contributed by atoms with Crippen LogP contribution < -0.4 is 11.1 Å². The van der Waals surface area contributed by atoms with Gasteiger partial charge < -0.3 is 16.0 Å². The molecule has 0 aromatic carbocycles. The molecule has 2 atom stereocenters. The summed E-state index contributed by atoms with van der Waals surface area (Å²) < 4.78 is 0. The zero-order chi connectivity index (χ0) is 15.3. The molecule has 114 valence electrons. The number of hydrogen-bond donors (Lipinski definition) is 2. The molecule has 1 heterocycles. The Kier molecular flexibility index (Phi) is 5.98. The third kappa shape index (κ3) is 4.83. The Hall–Kier alpha value is -1.59. The Morgan fingerprint density at radius 2 is 2.00 bits per heavy atom. The lowest BCUT2D eigenvalue weighted by Crippen LogP contribution is -2.46. The SMILES string of the molecule is CC(=O)N[C@H](CC(=O)N1CCC[C@H]1C(N)=O)CC(C)C. The molecular formula is C14H25N3O3. The predicted molar refractivity (Wildman–Crippen MR) is 75.6 cm³/mol. The van der Waals surface area contributed by atoms with Gasteiger partial charge in [-0.05, 0) is 25.2 Å². The van der Waals surface area contributed by atoms with E-state index in [2.05, 4.69) is 5.32 Å². The second-order valence-corrected chi connectivity index (χ2v) is 5.88. The highest BCUT2D eigenvalue weighted by molar-refractivity contribution is 5.87. The monoisotopic (exact) mass is 283 g/mol. The summed E-state index contributed by atoms with van der Waals surface area (Å²) in [5.74, 6) is -0.317. The normalized spacial score (nSPS) is 20.0. The number of primary amides is 1. The molecule has 0 bridgehead atoms. The van der Waals surface area contributed by atoms with Gasteiger partial charge in [0.1, 0.15) is 6.04 Å². The van der Waals surface area contributed by atoms with Crippen molar-refractivity contribution in [3.63, 3.8) is 0 Å². The fraction of sp³-hybridized carbons (Fsp3) is 0.786. The van der Waals surface area contributed by atoms with Crippen molar-refractivity contribution in [3.05, 3.63) is 0 Å². The molecular weight excluding hydrogens is 258 g/mol. The van der Waals surface area contributed by atoms with Gasteiger partial charge in [0.25, 0.3) is 0 Å². The van der Waals surface area contributed by atoms with Gasteiger partial charge in [-0.15, -0.1) is 0 Å². The molecule has 1 saturated heterocycles. The maximum Gasteiger partial charge on any atom is 0.240 e. The molecule has 6 heteroatoms. The van der Waals surface area contributed by atoms with Crippen LogP contribution in [0.2, 0.25) is 0 Å². The number of hydrogen-bond acceptors (Lipinski definition) is 3. The Bertz CT molecular complexity index is 382. The average Bonchev–Trinajstić information content (AvgIpc) is 2.75. The van der Waals surface area contributed by atoms with E-state index in [4.69, 9.17) is 5.73 Å². The van der Waals surface area contributed by atoms with E-state index in [0.29, 0.717) is 18.9 Å². The number of nitrogens with two attached hydrogens (primary N) is 1. The van der Waals surface area contributed by atoms with Crippen LogP contribution in [0.3, 0.4) is 0 Å². The average molecular weight is 283 g/mol. The van der Waals surface area contributed by atoms with Gasteiger partial charge in [0.15, 0.2) is 0 Å². The summed E-state index contributed by atoms with van der Waals surface area (Å²) in [6.07, 6.45) is 2.40. The van der Waals surface area contributed by atoms with Crippen LogP contribution in [0.15, 0.2) is 0 Å². The molecule has 0 aliphatic carbocycles. The molecule has 20 heavy (non-hydrogen) atoms. The fourth-order valence-corrected chi connectivity index (χ4v) is 2.74. The number of amides is 3. The van der Waals surface area contributed by atoms with E-state index in [1.165, 1.54) is 6.92 Å². The van der Waals surface area contributed by atoms with Crippen LogP contribution in [0.4, 0.5) is 0 Å². The van der Waals surface area contributed by atoms with Crippen molar-refractivity contribution in [3.8, 4) is 0 Å². The van der Waals surface area contributed by atoms with Crippen molar-refractivity contribution in [2.75, 3.05) is 6.54 Å². The molecule has 1 fully saturated rings. The first-order valence-corrected chi connectivity index (χ1v) is 7.17. The highest BCUT2D eigenvalue weighted by Crippen LogP contribution is 2.19. The lowest BCUT2D eigenvalue weighted by Gasteiger charge is -2.26. The van der Waals surface area contributed by atoms with Crippen LogP contribution in [0.5, 0.6) is 0 Å². The van der Waals surface area contributed by atoms with Crippen LogP contribution in [-0.4, -0.2) is 41.2 Å². The topological polar surface area (TPSA) is 92.5 Å². The summed E-state index contributed by atoms with van der Waals surface area (Å²) in [6.45, 7) is 6.10.